The molecule has 0 bridgehead atoms. The third-order valence-corrected chi connectivity index (χ3v) is 1.86. The lowest BCUT2D eigenvalue weighted by molar-refractivity contribution is 0.765. The summed E-state index contributed by atoms with van der Waals surface area (Å²) < 4.78 is 3.37. The number of hydrogen-bond donors (Lipinski definition) is 0. The fraction of sp³-hybridized carbons (Fsp3) is 0. The summed E-state index contributed by atoms with van der Waals surface area (Å²) in [6, 6.07) is 3.81. The molecule has 3 rings (SSSR count). The van der Waals surface area contributed by atoms with Gasteiger partial charge in [-0.3, -0.25) is 4.57 Å². The van der Waals surface area contributed by atoms with E-state index in [0.29, 0.717) is 11.7 Å². The van der Waals surface area contributed by atoms with Gasteiger partial charge in [0.2, 0.25) is 0 Å². The molecule has 0 aliphatic carbocycles. The van der Waals surface area contributed by atoms with Crippen LogP contribution in [-0.2, 0) is 0 Å². The quantitative estimate of drug-likeness (QED) is 0.548. The third kappa shape index (κ3) is 0.972. The van der Waals surface area contributed by atoms with Crippen LogP contribution < -0.4 is 0 Å². The van der Waals surface area contributed by atoms with Gasteiger partial charge in [0.15, 0.2) is 0 Å². The van der Waals surface area contributed by atoms with Gasteiger partial charge in [0, 0.05) is 18.6 Å². The zero-order chi connectivity index (χ0) is 9.38. The molecule has 0 amide bonds. The van der Waals surface area contributed by atoms with E-state index in [-0.39, 0.29) is 0 Å². The highest BCUT2D eigenvalue weighted by Crippen LogP contribution is 1.99. The van der Waals surface area contributed by atoms with Gasteiger partial charge in [-0.05, 0) is 12.1 Å². The minimum atomic E-state index is 0.501. The molecule has 6 nitrogen and oxygen atoms in total. The number of nitrogens with zero attached hydrogens (tertiary/aromatic N) is 6. The first-order valence-corrected chi connectivity index (χ1v) is 4.11. The minimum absolute atomic E-state index is 0.501. The van der Waals surface area contributed by atoms with Crippen LogP contribution in [0.25, 0.3) is 11.7 Å². The summed E-state index contributed by atoms with van der Waals surface area (Å²) in [5, 5.41) is 12.1. The first-order valence-electron chi connectivity index (χ1n) is 4.11. The zero-order valence-electron chi connectivity index (χ0n) is 7.15. The highest BCUT2D eigenvalue weighted by molar-refractivity contribution is 5.24. The van der Waals surface area contributed by atoms with E-state index in [9.17, 15) is 0 Å². The number of fused-ring (bicyclic) bond motifs is 1. The SMILES string of the molecule is c1ccn(-c2nnc3nccn3n2)c1. The summed E-state index contributed by atoms with van der Waals surface area (Å²) in [7, 11) is 0. The molecular formula is C8H6N6. The molecule has 0 spiro atoms. The number of imidazole rings is 1. The van der Waals surface area contributed by atoms with E-state index >= 15 is 0 Å². The molecule has 0 fully saturated rings. The highest BCUT2D eigenvalue weighted by Gasteiger charge is 2.01. The van der Waals surface area contributed by atoms with Gasteiger partial charge in [-0.2, -0.15) is 4.52 Å². The fourth-order valence-electron chi connectivity index (χ4n) is 1.22. The predicted molar refractivity (Wildman–Crippen MR) is 47.9 cm³/mol. The molecule has 6 heteroatoms. The van der Waals surface area contributed by atoms with Crippen molar-refractivity contribution in [1.29, 1.82) is 0 Å². The van der Waals surface area contributed by atoms with Crippen LogP contribution in [0.5, 0.6) is 0 Å². The summed E-state index contributed by atoms with van der Waals surface area (Å²) >= 11 is 0. The topological polar surface area (TPSA) is 60.9 Å². The number of aromatic nitrogens is 6. The molecule has 0 saturated heterocycles. The standard InChI is InChI=1S/C8H6N6/c1-2-5-13(4-1)8-11-10-7-9-3-6-14(7)12-8/h1-6H. The fourth-order valence-corrected chi connectivity index (χ4v) is 1.22. The van der Waals surface area contributed by atoms with Crippen molar-refractivity contribution >= 4 is 5.78 Å². The normalized spacial score (nSPS) is 10.9. The Balaban J connectivity index is 2.23. The Labute approximate surface area is 78.8 Å². The molecule has 0 aliphatic heterocycles. The summed E-state index contributed by atoms with van der Waals surface area (Å²) in [5.41, 5.74) is 0. The summed E-state index contributed by atoms with van der Waals surface area (Å²) in [4.78, 5) is 3.96. The van der Waals surface area contributed by atoms with Gasteiger partial charge in [0.25, 0.3) is 11.7 Å². The molecule has 68 valence electrons. The Morgan fingerprint density at radius 1 is 1.00 bits per heavy atom. The van der Waals surface area contributed by atoms with Crippen LogP contribution in [0.15, 0.2) is 36.9 Å². The van der Waals surface area contributed by atoms with E-state index in [0.717, 1.165) is 0 Å². The van der Waals surface area contributed by atoms with Crippen molar-refractivity contribution in [3.05, 3.63) is 36.9 Å². The van der Waals surface area contributed by atoms with Crippen molar-refractivity contribution < 1.29 is 0 Å². The van der Waals surface area contributed by atoms with Crippen LogP contribution in [0.1, 0.15) is 0 Å². The first-order chi connectivity index (χ1) is 6.93. The van der Waals surface area contributed by atoms with E-state index in [1.54, 1.807) is 21.5 Å². The maximum Gasteiger partial charge on any atom is 0.271 e. The maximum atomic E-state index is 4.22. The number of rotatable bonds is 1. The average molecular weight is 186 g/mol. The average Bonchev–Trinajstić information content (AvgIpc) is 2.88. The lowest BCUT2D eigenvalue weighted by Gasteiger charge is -1.98. The molecule has 0 atom stereocenters. The van der Waals surface area contributed by atoms with Crippen molar-refractivity contribution in [2.24, 2.45) is 0 Å². The Morgan fingerprint density at radius 3 is 2.71 bits per heavy atom. The summed E-state index contributed by atoms with van der Waals surface area (Å²) in [6.07, 6.45) is 7.09. The van der Waals surface area contributed by atoms with E-state index < -0.39 is 0 Å². The molecule has 0 saturated carbocycles. The van der Waals surface area contributed by atoms with E-state index in [4.69, 9.17) is 0 Å². The van der Waals surface area contributed by atoms with Gasteiger partial charge in [0.1, 0.15) is 0 Å². The zero-order valence-corrected chi connectivity index (χ0v) is 7.15. The van der Waals surface area contributed by atoms with E-state index in [2.05, 4.69) is 20.3 Å². The van der Waals surface area contributed by atoms with Gasteiger partial charge in [-0.25, -0.2) is 4.98 Å². The van der Waals surface area contributed by atoms with Crippen LogP contribution in [0.3, 0.4) is 0 Å². The molecule has 3 aromatic heterocycles. The molecule has 0 aliphatic rings. The summed E-state index contributed by atoms with van der Waals surface area (Å²) in [5.74, 6) is 1.03. The monoisotopic (exact) mass is 186 g/mol. The smallest absolute Gasteiger partial charge is 0.271 e. The van der Waals surface area contributed by atoms with Gasteiger partial charge in [-0.1, -0.05) is 0 Å². The van der Waals surface area contributed by atoms with Crippen molar-refractivity contribution in [3.63, 3.8) is 0 Å². The van der Waals surface area contributed by atoms with Crippen molar-refractivity contribution in [2.75, 3.05) is 0 Å². The second-order valence-electron chi connectivity index (χ2n) is 2.76. The van der Waals surface area contributed by atoms with Gasteiger partial charge in [-0.15, -0.1) is 15.3 Å². The molecule has 0 N–H and O–H groups in total. The summed E-state index contributed by atoms with van der Waals surface area (Å²) in [6.45, 7) is 0. The van der Waals surface area contributed by atoms with Gasteiger partial charge in [0.05, 0.1) is 6.20 Å². The molecule has 0 aromatic carbocycles. The second kappa shape index (κ2) is 2.63. The lowest BCUT2D eigenvalue weighted by atomic mass is 10.7. The van der Waals surface area contributed by atoms with Crippen LogP contribution >= 0.6 is 0 Å². The van der Waals surface area contributed by atoms with Gasteiger partial charge >= 0.3 is 0 Å². The maximum absolute atomic E-state index is 4.22. The van der Waals surface area contributed by atoms with Crippen molar-refractivity contribution in [3.8, 4) is 5.95 Å². The van der Waals surface area contributed by atoms with Crippen LogP contribution in [0.4, 0.5) is 0 Å². The Morgan fingerprint density at radius 2 is 1.86 bits per heavy atom. The minimum Gasteiger partial charge on any atom is -0.290 e. The second-order valence-corrected chi connectivity index (χ2v) is 2.76. The molecule has 3 aromatic rings. The van der Waals surface area contributed by atoms with E-state index in [1.807, 2.05) is 24.5 Å². The highest BCUT2D eigenvalue weighted by atomic mass is 15.4. The predicted octanol–water partition coefficient (Wildman–Crippen LogP) is 0.310. The largest absolute Gasteiger partial charge is 0.290 e. The molecule has 0 unspecified atom stereocenters. The molecular weight excluding hydrogens is 180 g/mol. The van der Waals surface area contributed by atoms with Crippen LogP contribution in [-0.4, -0.2) is 29.4 Å². The first kappa shape index (κ1) is 7.19. The Hall–Kier alpha value is -2.24. The molecule has 14 heavy (non-hydrogen) atoms. The van der Waals surface area contributed by atoms with Crippen LogP contribution in [0.2, 0.25) is 0 Å². The Kier molecular flexibility index (Phi) is 1.35. The third-order valence-electron chi connectivity index (χ3n) is 1.86. The lowest BCUT2D eigenvalue weighted by Crippen LogP contribution is -2.05. The van der Waals surface area contributed by atoms with Crippen LogP contribution in [0, 0.1) is 0 Å². The molecule has 0 radical (unpaired) electrons. The van der Waals surface area contributed by atoms with Crippen molar-refractivity contribution in [1.82, 2.24) is 29.4 Å². The molecule has 3 heterocycles. The van der Waals surface area contributed by atoms with Gasteiger partial charge < -0.3 is 0 Å². The number of hydrogen-bond acceptors (Lipinski definition) is 4. The van der Waals surface area contributed by atoms with E-state index in [1.165, 1.54) is 0 Å². The van der Waals surface area contributed by atoms with Crippen molar-refractivity contribution in [2.45, 2.75) is 0 Å². The Bertz CT molecular complexity index is 552.